The molecular weight excluding hydrogens is 532 g/mol. The summed E-state index contributed by atoms with van der Waals surface area (Å²) in [5.41, 5.74) is 0. The maximum Gasteiger partial charge on any atom is 0.373 e. The van der Waals surface area contributed by atoms with Crippen molar-refractivity contribution < 1.29 is 52.4 Å². The number of carbonyl (C=O) groups excluding carboxylic acids is 5. The predicted molar refractivity (Wildman–Crippen MR) is 121 cm³/mol. The van der Waals surface area contributed by atoms with Crippen LogP contribution >= 0.6 is 15.9 Å². The zero-order chi connectivity index (χ0) is 27.1. The van der Waals surface area contributed by atoms with Gasteiger partial charge in [-0.25, -0.2) is 0 Å². The van der Waals surface area contributed by atoms with Crippen LogP contribution in [0.4, 0.5) is 0 Å². The number of halogens is 1. The molecule has 10 atom stereocenters. The van der Waals surface area contributed by atoms with E-state index in [1.165, 1.54) is 20.8 Å². The van der Waals surface area contributed by atoms with Crippen molar-refractivity contribution in [2.24, 2.45) is 23.7 Å². The molecule has 2 rings (SSSR count). The zero-order valence-electron chi connectivity index (χ0n) is 21.3. The van der Waals surface area contributed by atoms with Gasteiger partial charge < -0.3 is 28.4 Å². The Morgan fingerprint density at radius 3 is 1.89 bits per heavy atom. The molecule has 0 spiro atoms. The molecule has 35 heavy (non-hydrogen) atoms. The molecule has 2 heterocycles. The third-order valence-electron chi connectivity index (χ3n) is 6.51. The van der Waals surface area contributed by atoms with Gasteiger partial charge in [0.05, 0.1) is 6.10 Å². The van der Waals surface area contributed by atoms with E-state index in [9.17, 15) is 14.4 Å². The van der Waals surface area contributed by atoms with Gasteiger partial charge in [-0.05, 0) is 12.8 Å². The van der Waals surface area contributed by atoms with E-state index in [2.05, 4.69) is 15.9 Å². The Balaban J connectivity index is 0.00000194. The number of hydrogen-bond donors (Lipinski definition) is 0. The minimum atomic E-state index is -0.886. The molecule has 0 N–H and O–H groups in total. The highest BCUT2D eigenvalue weighted by atomic mass is 79.9. The van der Waals surface area contributed by atoms with Gasteiger partial charge >= 0.3 is 24.1 Å². The maximum atomic E-state index is 11.8. The highest BCUT2D eigenvalue weighted by molar-refractivity contribution is 9.10. The standard InChI is InChI=1S/C22H35BrO9.CO2/c1-10-11(2)20(29-16(7)26)30-17(9-27-14(5)24)18(10)31-21-19(28-15(6)25)12(3)13(4)22(8,23)32-21;2-1-3/h10-13,17-21H,9H2,1-8H3;/t10-,11?,12+,13+,17?,18+,19?,20+,21-,22?;/m1./s1. The summed E-state index contributed by atoms with van der Waals surface area (Å²) >= 11 is 3.63. The molecule has 0 aromatic heterocycles. The first-order valence-electron chi connectivity index (χ1n) is 11.3. The van der Waals surface area contributed by atoms with E-state index in [-0.39, 0.29) is 36.4 Å². The van der Waals surface area contributed by atoms with Gasteiger partial charge in [0.15, 0.2) is 12.4 Å². The smallest absolute Gasteiger partial charge is 0.373 e. The summed E-state index contributed by atoms with van der Waals surface area (Å²) in [6, 6.07) is 0. The Bertz CT molecular complexity index is 779. The lowest BCUT2D eigenvalue weighted by atomic mass is 9.82. The molecule has 200 valence electrons. The average molecular weight is 567 g/mol. The molecule has 2 aliphatic rings. The number of hydrogen-bond acceptors (Lipinski definition) is 11. The van der Waals surface area contributed by atoms with Crippen LogP contribution in [0.25, 0.3) is 0 Å². The van der Waals surface area contributed by atoms with E-state index in [1.54, 1.807) is 0 Å². The largest absolute Gasteiger partial charge is 0.463 e. The first kappa shape index (κ1) is 31.2. The molecule has 0 aliphatic carbocycles. The van der Waals surface area contributed by atoms with Crippen LogP contribution < -0.4 is 0 Å². The van der Waals surface area contributed by atoms with E-state index in [4.69, 9.17) is 38.0 Å². The Kier molecular flexibility index (Phi) is 12.0. The number of rotatable bonds is 6. The highest BCUT2D eigenvalue weighted by Gasteiger charge is 2.52. The van der Waals surface area contributed by atoms with Gasteiger partial charge in [-0.2, -0.15) is 9.59 Å². The lowest BCUT2D eigenvalue weighted by Gasteiger charge is -2.50. The van der Waals surface area contributed by atoms with Crippen LogP contribution in [0.3, 0.4) is 0 Å². The topological polar surface area (TPSA) is 141 Å². The van der Waals surface area contributed by atoms with Crippen LogP contribution in [-0.4, -0.2) is 66.1 Å². The van der Waals surface area contributed by atoms with Crippen LogP contribution in [0.1, 0.15) is 55.4 Å². The van der Waals surface area contributed by atoms with Gasteiger partial charge in [-0.3, -0.25) is 14.4 Å². The normalized spacial score (nSPS) is 38.7. The second kappa shape index (κ2) is 13.5. The summed E-state index contributed by atoms with van der Waals surface area (Å²) in [5.74, 6) is -1.78. The first-order valence-corrected chi connectivity index (χ1v) is 12.1. The molecule has 0 bridgehead atoms. The molecule has 0 aromatic carbocycles. The summed E-state index contributed by atoms with van der Waals surface area (Å²) in [4.78, 5) is 51.0. The van der Waals surface area contributed by atoms with Crippen molar-refractivity contribution in [3.8, 4) is 0 Å². The molecule has 0 aromatic rings. The maximum absolute atomic E-state index is 11.8. The third-order valence-corrected chi connectivity index (χ3v) is 7.42. The number of alkyl halides is 1. The fourth-order valence-electron chi connectivity index (χ4n) is 4.12. The lowest BCUT2D eigenvalue weighted by molar-refractivity contribution is -0.334. The van der Waals surface area contributed by atoms with Crippen LogP contribution in [0.2, 0.25) is 0 Å². The van der Waals surface area contributed by atoms with Gasteiger partial charge in [0.25, 0.3) is 0 Å². The van der Waals surface area contributed by atoms with Gasteiger partial charge in [0.2, 0.25) is 6.29 Å². The fourth-order valence-corrected chi connectivity index (χ4v) is 4.72. The monoisotopic (exact) mass is 566 g/mol. The van der Waals surface area contributed by atoms with Crippen LogP contribution in [0, 0.1) is 23.7 Å². The molecule has 12 heteroatoms. The van der Waals surface area contributed by atoms with Gasteiger partial charge in [0.1, 0.15) is 17.2 Å². The zero-order valence-corrected chi connectivity index (χ0v) is 22.9. The summed E-state index contributed by atoms with van der Waals surface area (Å²) in [5, 5.41) is 0. The van der Waals surface area contributed by atoms with Gasteiger partial charge in [-0.1, -0.05) is 43.6 Å². The summed E-state index contributed by atoms with van der Waals surface area (Å²) in [6.45, 7) is 13.6. The molecule has 2 saturated heterocycles. The predicted octanol–water partition coefficient (Wildman–Crippen LogP) is 2.58. The molecule has 2 aliphatic heterocycles. The quantitative estimate of drug-likeness (QED) is 0.266. The lowest BCUT2D eigenvalue weighted by Crippen LogP contribution is -2.59. The highest BCUT2D eigenvalue weighted by Crippen LogP contribution is 2.45. The number of ether oxygens (including phenoxy) is 6. The Morgan fingerprint density at radius 1 is 0.857 bits per heavy atom. The Labute approximate surface area is 213 Å². The summed E-state index contributed by atoms with van der Waals surface area (Å²) < 4.78 is 34.0. The Hall–Kier alpha value is -1.85. The minimum Gasteiger partial charge on any atom is -0.463 e. The van der Waals surface area contributed by atoms with E-state index in [1.807, 2.05) is 34.6 Å². The van der Waals surface area contributed by atoms with Gasteiger partial charge in [0, 0.05) is 38.5 Å². The molecular formula is C23H35BrO11. The van der Waals surface area contributed by atoms with Crippen molar-refractivity contribution in [1.82, 2.24) is 0 Å². The van der Waals surface area contributed by atoms with E-state index >= 15 is 0 Å². The van der Waals surface area contributed by atoms with Crippen molar-refractivity contribution in [1.29, 1.82) is 0 Å². The van der Waals surface area contributed by atoms with Gasteiger partial charge in [-0.15, -0.1) is 0 Å². The van der Waals surface area contributed by atoms with Crippen molar-refractivity contribution >= 4 is 40.0 Å². The first-order chi connectivity index (χ1) is 16.2. The second-order valence-electron chi connectivity index (χ2n) is 9.05. The van der Waals surface area contributed by atoms with Crippen molar-refractivity contribution in [3.05, 3.63) is 0 Å². The molecule has 0 saturated carbocycles. The molecule has 0 amide bonds. The van der Waals surface area contributed by atoms with Crippen LogP contribution in [-0.2, 0) is 52.4 Å². The van der Waals surface area contributed by atoms with Crippen molar-refractivity contribution in [2.75, 3.05) is 6.61 Å². The molecule has 11 nitrogen and oxygen atoms in total. The minimum absolute atomic E-state index is 0.0239. The number of esters is 3. The SMILES string of the molecule is CC(=O)OCC1O[C@H](OC(C)=O)C(C)[C@@H](C)[C@@H]1O[C@@H]1OC(C)(Br)[C@@H](C)[C@H](C)C1OC(C)=O.O=C=O. The molecule has 2 fully saturated rings. The van der Waals surface area contributed by atoms with E-state index in [0.717, 1.165) is 0 Å². The summed E-state index contributed by atoms with van der Waals surface area (Å²) in [6.07, 6.45) is -3.38. The van der Waals surface area contributed by atoms with E-state index in [0.29, 0.717) is 0 Å². The summed E-state index contributed by atoms with van der Waals surface area (Å²) in [7, 11) is 0. The van der Waals surface area contributed by atoms with Crippen LogP contribution in [0.5, 0.6) is 0 Å². The fraction of sp³-hybridized carbons (Fsp3) is 0.826. The van der Waals surface area contributed by atoms with Crippen LogP contribution in [0.15, 0.2) is 0 Å². The van der Waals surface area contributed by atoms with Crippen molar-refractivity contribution in [3.63, 3.8) is 0 Å². The second-order valence-corrected chi connectivity index (χ2v) is 10.6. The molecule has 0 radical (unpaired) electrons. The number of carbonyl (C=O) groups is 3. The van der Waals surface area contributed by atoms with Crippen molar-refractivity contribution in [2.45, 2.75) is 90.8 Å². The Morgan fingerprint density at radius 2 is 1.40 bits per heavy atom. The van der Waals surface area contributed by atoms with E-state index < -0.39 is 53.3 Å². The third kappa shape index (κ3) is 8.64. The average Bonchev–Trinajstić information content (AvgIpc) is 2.73. The molecule has 4 unspecified atom stereocenters.